The molecule has 0 heterocycles. The molecule has 0 fully saturated rings. The second-order valence-electron chi connectivity index (χ2n) is 3.17. The maximum Gasteiger partial charge on any atom is 0.185 e. The lowest BCUT2D eigenvalue weighted by atomic mass is 10.3. The van der Waals surface area contributed by atoms with Gasteiger partial charge in [-0.3, -0.25) is 4.99 Å². The number of benzene rings is 1. The first-order chi connectivity index (χ1) is 7.18. The van der Waals surface area contributed by atoms with Crippen molar-refractivity contribution in [3.63, 3.8) is 0 Å². The molecule has 1 aromatic rings. The Kier molecular flexibility index (Phi) is 4.43. The average molecular weight is 208 g/mol. The van der Waals surface area contributed by atoms with Crippen molar-refractivity contribution in [1.82, 2.24) is 0 Å². The maximum absolute atomic E-state index is 9.48. The Hall–Kier alpha value is -1.75. The molecule has 0 saturated carbocycles. The summed E-state index contributed by atoms with van der Waals surface area (Å²) in [6.07, 6.45) is -0.590. The number of rotatable bonds is 5. The molecule has 82 valence electrons. The predicted molar refractivity (Wildman–Crippen MR) is 61.6 cm³/mol. The minimum atomic E-state index is -0.590. The summed E-state index contributed by atoms with van der Waals surface area (Å²) in [6.45, 7) is 0.628. The molecule has 0 saturated heterocycles. The van der Waals surface area contributed by atoms with Gasteiger partial charge in [-0.05, 0) is 12.1 Å². The van der Waals surface area contributed by atoms with Crippen LogP contribution < -0.4 is 16.8 Å². The van der Waals surface area contributed by atoms with Gasteiger partial charge >= 0.3 is 0 Å². The van der Waals surface area contributed by atoms with Gasteiger partial charge in [0.1, 0.15) is 0 Å². The van der Waals surface area contributed by atoms with E-state index in [0.717, 1.165) is 5.69 Å². The largest absolute Gasteiger partial charge is 0.389 e. The standard InChI is InChI=1S/C10H16N4O/c11-10(12)14-7-9(15)6-13-8-4-2-1-3-5-8/h1-5,9,13,15H,6-7H2,(H4,11,12,14)/t9-/m0/s1. The summed E-state index contributed by atoms with van der Waals surface area (Å²) >= 11 is 0. The van der Waals surface area contributed by atoms with Gasteiger partial charge in [-0.15, -0.1) is 0 Å². The van der Waals surface area contributed by atoms with Crippen LogP contribution in [-0.4, -0.2) is 30.3 Å². The van der Waals surface area contributed by atoms with E-state index in [0.29, 0.717) is 6.54 Å². The number of aliphatic imine (C=N–C) groups is 1. The average Bonchev–Trinajstić information content (AvgIpc) is 2.25. The molecule has 0 unspecified atom stereocenters. The van der Waals surface area contributed by atoms with Crippen molar-refractivity contribution in [2.75, 3.05) is 18.4 Å². The van der Waals surface area contributed by atoms with Gasteiger partial charge in [-0.1, -0.05) is 18.2 Å². The van der Waals surface area contributed by atoms with Crippen molar-refractivity contribution in [2.45, 2.75) is 6.10 Å². The smallest absolute Gasteiger partial charge is 0.185 e. The normalized spacial score (nSPS) is 11.8. The second-order valence-corrected chi connectivity index (χ2v) is 3.17. The second kappa shape index (κ2) is 5.87. The van der Waals surface area contributed by atoms with E-state index >= 15 is 0 Å². The molecule has 1 atom stereocenters. The van der Waals surface area contributed by atoms with E-state index in [1.807, 2.05) is 30.3 Å². The summed E-state index contributed by atoms with van der Waals surface area (Å²) in [5.41, 5.74) is 11.2. The molecule has 0 aromatic heterocycles. The maximum atomic E-state index is 9.48. The van der Waals surface area contributed by atoms with Gasteiger partial charge < -0.3 is 21.9 Å². The van der Waals surface area contributed by atoms with Gasteiger partial charge in [0.15, 0.2) is 5.96 Å². The number of para-hydroxylation sites is 1. The fourth-order valence-corrected chi connectivity index (χ4v) is 1.07. The Morgan fingerprint density at radius 3 is 2.60 bits per heavy atom. The molecule has 1 rings (SSSR count). The van der Waals surface area contributed by atoms with Gasteiger partial charge in [-0.2, -0.15) is 0 Å². The van der Waals surface area contributed by atoms with Crippen molar-refractivity contribution < 1.29 is 5.11 Å². The molecule has 5 nitrogen and oxygen atoms in total. The quantitative estimate of drug-likeness (QED) is 0.395. The minimum Gasteiger partial charge on any atom is -0.389 e. The molecular weight excluding hydrogens is 192 g/mol. The summed E-state index contributed by atoms with van der Waals surface area (Å²) in [6, 6.07) is 9.62. The summed E-state index contributed by atoms with van der Waals surface area (Å²) in [5.74, 6) is -0.00578. The highest BCUT2D eigenvalue weighted by Gasteiger charge is 2.02. The Morgan fingerprint density at radius 2 is 2.00 bits per heavy atom. The van der Waals surface area contributed by atoms with Crippen LogP contribution in [0.5, 0.6) is 0 Å². The van der Waals surface area contributed by atoms with Crippen LogP contribution in [0, 0.1) is 0 Å². The zero-order valence-electron chi connectivity index (χ0n) is 8.43. The van der Waals surface area contributed by atoms with E-state index in [1.165, 1.54) is 0 Å². The highest BCUT2D eigenvalue weighted by Crippen LogP contribution is 2.04. The molecule has 15 heavy (non-hydrogen) atoms. The molecule has 6 N–H and O–H groups in total. The third-order valence-corrected chi connectivity index (χ3v) is 1.80. The first-order valence-electron chi connectivity index (χ1n) is 4.71. The fraction of sp³-hybridized carbons (Fsp3) is 0.300. The summed E-state index contributed by atoms with van der Waals surface area (Å²) in [7, 11) is 0. The third kappa shape index (κ3) is 4.87. The topological polar surface area (TPSA) is 96.7 Å². The Bertz CT molecular complexity index is 308. The highest BCUT2D eigenvalue weighted by atomic mass is 16.3. The Morgan fingerprint density at radius 1 is 1.33 bits per heavy atom. The van der Waals surface area contributed by atoms with Crippen molar-refractivity contribution >= 4 is 11.6 Å². The number of nitrogens with zero attached hydrogens (tertiary/aromatic N) is 1. The summed E-state index contributed by atoms with van der Waals surface area (Å²) in [5, 5.41) is 12.5. The zero-order chi connectivity index (χ0) is 11.1. The zero-order valence-corrected chi connectivity index (χ0v) is 8.43. The van der Waals surface area contributed by atoms with Crippen molar-refractivity contribution in [3.8, 4) is 0 Å². The SMILES string of the molecule is NC(N)=NC[C@@H](O)CNc1ccccc1. The molecule has 0 spiro atoms. The molecule has 1 aromatic carbocycles. The van der Waals surface area contributed by atoms with Crippen LogP contribution >= 0.6 is 0 Å². The lowest BCUT2D eigenvalue weighted by Gasteiger charge is -2.10. The fourth-order valence-electron chi connectivity index (χ4n) is 1.07. The highest BCUT2D eigenvalue weighted by molar-refractivity contribution is 5.75. The van der Waals surface area contributed by atoms with E-state index < -0.39 is 6.10 Å². The van der Waals surface area contributed by atoms with Crippen molar-refractivity contribution in [3.05, 3.63) is 30.3 Å². The van der Waals surface area contributed by atoms with Crippen molar-refractivity contribution in [2.24, 2.45) is 16.5 Å². The molecular formula is C10H16N4O. The van der Waals surface area contributed by atoms with Crippen LogP contribution in [0.2, 0.25) is 0 Å². The molecule has 0 aliphatic heterocycles. The first kappa shape index (κ1) is 11.3. The number of nitrogens with one attached hydrogen (secondary N) is 1. The third-order valence-electron chi connectivity index (χ3n) is 1.80. The van der Waals surface area contributed by atoms with Gasteiger partial charge in [-0.25, -0.2) is 0 Å². The molecule has 5 heteroatoms. The van der Waals surface area contributed by atoms with Crippen molar-refractivity contribution in [1.29, 1.82) is 0 Å². The van der Waals surface area contributed by atoms with E-state index in [2.05, 4.69) is 10.3 Å². The van der Waals surface area contributed by atoms with Gasteiger partial charge in [0.25, 0.3) is 0 Å². The van der Waals surface area contributed by atoms with Crippen LogP contribution in [0.15, 0.2) is 35.3 Å². The number of hydrogen-bond donors (Lipinski definition) is 4. The van der Waals surface area contributed by atoms with Gasteiger partial charge in [0, 0.05) is 12.2 Å². The molecule has 0 bridgehead atoms. The van der Waals surface area contributed by atoms with Gasteiger partial charge in [0.2, 0.25) is 0 Å². The van der Waals surface area contributed by atoms with Gasteiger partial charge in [0.05, 0.1) is 12.6 Å². The van der Waals surface area contributed by atoms with E-state index in [4.69, 9.17) is 11.5 Å². The summed E-state index contributed by atoms with van der Waals surface area (Å²) in [4.78, 5) is 3.72. The van der Waals surface area contributed by atoms with Crippen LogP contribution in [0.25, 0.3) is 0 Å². The van der Waals surface area contributed by atoms with Crippen LogP contribution in [0.4, 0.5) is 5.69 Å². The first-order valence-corrected chi connectivity index (χ1v) is 4.71. The van der Waals surface area contributed by atoms with Crippen LogP contribution in [0.1, 0.15) is 0 Å². The lowest BCUT2D eigenvalue weighted by molar-refractivity contribution is 0.196. The van der Waals surface area contributed by atoms with Crippen LogP contribution in [0.3, 0.4) is 0 Å². The lowest BCUT2D eigenvalue weighted by Crippen LogP contribution is -2.28. The molecule has 0 aliphatic rings. The van der Waals surface area contributed by atoms with Crippen LogP contribution in [-0.2, 0) is 0 Å². The Balaban J connectivity index is 2.28. The number of anilines is 1. The van der Waals surface area contributed by atoms with E-state index in [1.54, 1.807) is 0 Å². The van der Waals surface area contributed by atoms with E-state index in [-0.39, 0.29) is 12.5 Å². The number of hydrogen-bond acceptors (Lipinski definition) is 3. The molecule has 0 radical (unpaired) electrons. The number of guanidine groups is 1. The number of aliphatic hydroxyl groups is 1. The predicted octanol–water partition coefficient (Wildman–Crippen LogP) is -0.267. The molecule has 0 amide bonds. The monoisotopic (exact) mass is 208 g/mol. The minimum absolute atomic E-state index is 0.00578. The summed E-state index contributed by atoms with van der Waals surface area (Å²) < 4.78 is 0. The molecule has 0 aliphatic carbocycles. The van der Waals surface area contributed by atoms with E-state index in [9.17, 15) is 5.11 Å². The Labute approximate surface area is 88.8 Å². The number of aliphatic hydroxyl groups excluding tert-OH is 1. The number of nitrogens with two attached hydrogens (primary N) is 2.